The molecule has 1 aliphatic heterocycles. The summed E-state index contributed by atoms with van der Waals surface area (Å²) >= 11 is 5.91. The monoisotopic (exact) mass is 266 g/mol. The van der Waals surface area contributed by atoms with Gasteiger partial charge in [-0.05, 0) is 69.4 Å². The fourth-order valence-corrected chi connectivity index (χ4v) is 2.85. The van der Waals surface area contributed by atoms with Crippen LogP contribution in [0.25, 0.3) is 0 Å². The molecule has 2 nitrogen and oxygen atoms in total. The molecule has 1 saturated heterocycles. The van der Waals surface area contributed by atoms with Crippen LogP contribution < -0.4 is 5.73 Å². The van der Waals surface area contributed by atoms with Crippen molar-refractivity contribution in [1.29, 1.82) is 0 Å². The molecule has 1 aliphatic rings. The summed E-state index contributed by atoms with van der Waals surface area (Å²) in [7, 11) is 0. The molecule has 18 heavy (non-hydrogen) atoms. The van der Waals surface area contributed by atoms with E-state index in [9.17, 15) is 0 Å². The van der Waals surface area contributed by atoms with Gasteiger partial charge >= 0.3 is 0 Å². The molecule has 0 aliphatic carbocycles. The van der Waals surface area contributed by atoms with Gasteiger partial charge in [-0.3, -0.25) is 0 Å². The molecule has 0 spiro atoms. The number of nitrogens with two attached hydrogens (primary N) is 1. The average Bonchev–Trinajstić information content (AvgIpc) is 2.41. The molecular formula is C15H23ClN2. The number of benzene rings is 1. The molecule has 1 atom stereocenters. The highest BCUT2D eigenvalue weighted by Gasteiger charge is 2.21. The normalized spacial score (nSPS) is 19.9. The molecule has 0 bridgehead atoms. The Kier molecular flexibility index (Phi) is 5.04. The van der Waals surface area contributed by atoms with Gasteiger partial charge in [0.1, 0.15) is 0 Å². The first-order valence-corrected chi connectivity index (χ1v) is 7.25. The summed E-state index contributed by atoms with van der Waals surface area (Å²) in [5.74, 6) is 0.740. The van der Waals surface area contributed by atoms with E-state index in [1.807, 2.05) is 12.1 Å². The molecule has 1 fully saturated rings. The Labute approximate surface area is 115 Å². The van der Waals surface area contributed by atoms with E-state index in [2.05, 4.69) is 24.0 Å². The van der Waals surface area contributed by atoms with Crippen LogP contribution in [0.3, 0.4) is 0 Å². The Morgan fingerprint density at radius 3 is 2.44 bits per heavy atom. The van der Waals surface area contributed by atoms with Gasteiger partial charge in [0.2, 0.25) is 0 Å². The quantitative estimate of drug-likeness (QED) is 0.908. The van der Waals surface area contributed by atoms with E-state index in [0.29, 0.717) is 6.04 Å². The zero-order valence-corrected chi connectivity index (χ0v) is 11.9. The number of hydrogen-bond donors (Lipinski definition) is 1. The van der Waals surface area contributed by atoms with E-state index >= 15 is 0 Å². The van der Waals surface area contributed by atoms with Crippen LogP contribution in [0.15, 0.2) is 24.3 Å². The van der Waals surface area contributed by atoms with Crippen LogP contribution in [0.4, 0.5) is 0 Å². The molecule has 0 amide bonds. The molecule has 0 aromatic heterocycles. The van der Waals surface area contributed by atoms with Crippen LogP contribution in [0.1, 0.15) is 25.3 Å². The molecular weight excluding hydrogens is 244 g/mol. The van der Waals surface area contributed by atoms with Gasteiger partial charge in [-0.1, -0.05) is 23.7 Å². The standard InChI is InChI=1S/C15H23ClN2/c1-12(10-13-2-4-15(16)5-3-13)18-8-6-14(11-17)7-9-18/h2-5,12,14H,6-11,17H2,1H3. The predicted octanol–water partition coefficient (Wildman–Crippen LogP) is 2.94. The molecule has 0 radical (unpaired) electrons. The largest absolute Gasteiger partial charge is 0.330 e. The van der Waals surface area contributed by atoms with E-state index in [4.69, 9.17) is 17.3 Å². The Morgan fingerprint density at radius 2 is 1.89 bits per heavy atom. The lowest BCUT2D eigenvalue weighted by Gasteiger charge is -2.35. The molecule has 1 unspecified atom stereocenters. The van der Waals surface area contributed by atoms with E-state index in [-0.39, 0.29) is 0 Å². The summed E-state index contributed by atoms with van der Waals surface area (Å²) in [4.78, 5) is 2.58. The molecule has 1 heterocycles. The third-order valence-electron chi connectivity index (χ3n) is 4.05. The second-order valence-corrected chi connectivity index (χ2v) is 5.83. The Bertz CT molecular complexity index is 355. The van der Waals surface area contributed by atoms with Crippen LogP contribution in [0.2, 0.25) is 5.02 Å². The van der Waals surface area contributed by atoms with Crippen molar-refractivity contribution in [2.24, 2.45) is 11.7 Å². The summed E-state index contributed by atoms with van der Waals surface area (Å²) in [6, 6.07) is 8.82. The minimum Gasteiger partial charge on any atom is -0.330 e. The molecule has 1 aromatic carbocycles. The number of rotatable bonds is 4. The summed E-state index contributed by atoms with van der Waals surface area (Å²) in [6.45, 7) is 5.55. The topological polar surface area (TPSA) is 29.3 Å². The minimum absolute atomic E-state index is 0.602. The number of nitrogens with zero attached hydrogens (tertiary/aromatic N) is 1. The number of piperidine rings is 1. The summed E-state index contributed by atoms with van der Waals surface area (Å²) < 4.78 is 0. The third-order valence-corrected chi connectivity index (χ3v) is 4.30. The minimum atomic E-state index is 0.602. The first-order chi connectivity index (χ1) is 8.69. The zero-order valence-electron chi connectivity index (χ0n) is 11.1. The van der Waals surface area contributed by atoms with Crippen molar-refractivity contribution in [3.05, 3.63) is 34.9 Å². The van der Waals surface area contributed by atoms with E-state index in [1.165, 1.54) is 31.5 Å². The molecule has 2 rings (SSSR count). The maximum atomic E-state index is 5.91. The van der Waals surface area contributed by atoms with Gasteiger partial charge in [0, 0.05) is 11.1 Å². The molecule has 100 valence electrons. The second-order valence-electron chi connectivity index (χ2n) is 5.39. The highest BCUT2D eigenvalue weighted by atomic mass is 35.5. The number of halogens is 1. The summed E-state index contributed by atoms with van der Waals surface area (Å²) in [5.41, 5.74) is 7.10. The lowest BCUT2D eigenvalue weighted by molar-refractivity contribution is 0.143. The zero-order chi connectivity index (χ0) is 13.0. The fourth-order valence-electron chi connectivity index (χ4n) is 2.72. The first kappa shape index (κ1) is 13.9. The van der Waals surface area contributed by atoms with Crippen LogP contribution in [0, 0.1) is 5.92 Å². The van der Waals surface area contributed by atoms with Gasteiger partial charge in [0.05, 0.1) is 0 Å². The van der Waals surface area contributed by atoms with Crippen LogP contribution in [-0.4, -0.2) is 30.6 Å². The lowest BCUT2D eigenvalue weighted by Crippen LogP contribution is -2.42. The molecule has 3 heteroatoms. The average molecular weight is 267 g/mol. The third kappa shape index (κ3) is 3.71. The van der Waals surface area contributed by atoms with Crippen molar-refractivity contribution in [2.75, 3.05) is 19.6 Å². The smallest absolute Gasteiger partial charge is 0.0406 e. The fraction of sp³-hybridized carbons (Fsp3) is 0.600. The van der Waals surface area contributed by atoms with Crippen molar-refractivity contribution in [2.45, 2.75) is 32.2 Å². The Morgan fingerprint density at radius 1 is 1.28 bits per heavy atom. The van der Waals surface area contributed by atoms with Crippen molar-refractivity contribution in [3.8, 4) is 0 Å². The highest BCUT2D eigenvalue weighted by molar-refractivity contribution is 6.30. The maximum Gasteiger partial charge on any atom is 0.0406 e. The van der Waals surface area contributed by atoms with Crippen LogP contribution in [-0.2, 0) is 6.42 Å². The number of hydrogen-bond acceptors (Lipinski definition) is 2. The van der Waals surface area contributed by atoms with Gasteiger partial charge in [0.15, 0.2) is 0 Å². The van der Waals surface area contributed by atoms with E-state index < -0.39 is 0 Å². The summed E-state index contributed by atoms with van der Waals surface area (Å²) in [6.07, 6.45) is 3.60. The van der Waals surface area contributed by atoms with Gasteiger partial charge in [-0.15, -0.1) is 0 Å². The molecule has 0 saturated carbocycles. The lowest BCUT2D eigenvalue weighted by atomic mass is 9.95. The van der Waals surface area contributed by atoms with Gasteiger partial charge in [-0.25, -0.2) is 0 Å². The van der Waals surface area contributed by atoms with Crippen LogP contribution in [0.5, 0.6) is 0 Å². The first-order valence-electron chi connectivity index (χ1n) is 6.87. The SMILES string of the molecule is CC(Cc1ccc(Cl)cc1)N1CCC(CN)CC1. The second kappa shape index (κ2) is 6.55. The predicted molar refractivity (Wildman–Crippen MR) is 78.0 cm³/mol. The van der Waals surface area contributed by atoms with Gasteiger partial charge < -0.3 is 10.6 Å². The molecule has 1 aromatic rings. The Balaban J connectivity index is 1.85. The maximum absolute atomic E-state index is 5.91. The van der Waals surface area contributed by atoms with E-state index in [1.54, 1.807) is 0 Å². The van der Waals surface area contributed by atoms with Gasteiger partial charge in [0.25, 0.3) is 0 Å². The summed E-state index contributed by atoms with van der Waals surface area (Å²) in [5, 5.41) is 0.815. The van der Waals surface area contributed by atoms with E-state index in [0.717, 1.165) is 23.9 Å². The van der Waals surface area contributed by atoms with Crippen molar-refractivity contribution >= 4 is 11.6 Å². The van der Waals surface area contributed by atoms with Crippen molar-refractivity contribution < 1.29 is 0 Å². The van der Waals surface area contributed by atoms with Crippen molar-refractivity contribution in [1.82, 2.24) is 4.90 Å². The van der Waals surface area contributed by atoms with Crippen molar-refractivity contribution in [3.63, 3.8) is 0 Å². The highest BCUT2D eigenvalue weighted by Crippen LogP contribution is 2.20. The van der Waals surface area contributed by atoms with Gasteiger partial charge in [-0.2, -0.15) is 0 Å². The van der Waals surface area contributed by atoms with Crippen LogP contribution >= 0.6 is 11.6 Å². The molecule has 2 N–H and O–H groups in total. The number of likely N-dealkylation sites (tertiary alicyclic amines) is 1. The Hall–Kier alpha value is -0.570.